The largest absolute Gasteiger partial charge is 0.478 e. The van der Waals surface area contributed by atoms with Crippen LogP contribution < -0.4 is 31.1 Å². The molecule has 2 atom stereocenters. The maximum Gasteiger partial charge on any atom is 0.293 e. The first-order valence-corrected chi connectivity index (χ1v) is 11.1. The summed E-state index contributed by atoms with van der Waals surface area (Å²) in [6, 6.07) is 8.08. The highest BCUT2D eigenvalue weighted by Crippen LogP contribution is 2.31. The molecule has 2 aromatic heterocycles. The lowest BCUT2D eigenvalue weighted by atomic mass is 10.2. The molecule has 3 aromatic rings. The first-order valence-electron chi connectivity index (χ1n) is 10.7. The van der Waals surface area contributed by atoms with Crippen molar-refractivity contribution in [1.82, 2.24) is 25.2 Å². The lowest BCUT2D eigenvalue weighted by Crippen LogP contribution is -2.44. The van der Waals surface area contributed by atoms with Gasteiger partial charge in [0, 0.05) is 50.3 Å². The van der Waals surface area contributed by atoms with E-state index in [1.807, 2.05) is 18.2 Å². The first-order chi connectivity index (χ1) is 15.9. The number of carbonyl (C=O) groups is 1. The van der Waals surface area contributed by atoms with Gasteiger partial charge in [-0.3, -0.25) is 9.59 Å². The Balaban J connectivity index is 1.43. The van der Waals surface area contributed by atoms with Gasteiger partial charge in [0.25, 0.3) is 11.5 Å². The van der Waals surface area contributed by atoms with Gasteiger partial charge in [-0.25, -0.2) is 4.98 Å². The molecule has 2 saturated heterocycles. The highest BCUT2D eigenvalue weighted by atomic mass is 35.5. The minimum absolute atomic E-state index is 0.103. The molecule has 2 aliphatic heterocycles. The zero-order valence-corrected chi connectivity index (χ0v) is 19.0. The molecule has 0 saturated carbocycles. The number of fused-ring (bicyclic) bond motifs is 3. The van der Waals surface area contributed by atoms with Gasteiger partial charge >= 0.3 is 0 Å². The van der Waals surface area contributed by atoms with Crippen LogP contribution in [0.25, 0.3) is 10.9 Å². The Hall–Kier alpha value is -3.37. The second-order valence-electron chi connectivity index (χ2n) is 8.25. The topological polar surface area (TPSA) is 113 Å². The van der Waals surface area contributed by atoms with Crippen LogP contribution >= 0.6 is 11.6 Å². The van der Waals surface area contributed by atoms with E-state index in [-0.39, 0.29) is 23.8 Å². The molecule has 2 aliphatic rings. The molecule has 0 aliphatic carbocycles. The van der Waals surface area contributed by atoms with Crippen LogP contribution in [-0.4, -0.2) is 59.3 Å². The van der Waals surface area contributed by atoms with Gasteiger partial charge in [-0.15, -0.1) is 0 Å². The molecule has 5 rings (SSSR count). The van der Waals surface area contributed by atoms with Crippen molar-refractivity contribution in [3.63, 3.8) is 0 Å². The van der Waals surface area contributed by atoms with Crippen LogP contribution in [0.2, 0.25) is 5.02 Å². The number of hydrogen-bond acceptors (Lipinski definition) is 8. The van der Waals surface area contributed by atoms with E-state index in [9.17, 15) is 9.59 Å². The van der Waals surface area contributed by atoms with Gasteiger partial charge < -0.3 is 30.2 Å². The van der Waals surface area contributed by atoms with Crippen molar-refractivity contribution in [3.05, 3.63) is 45.8 Å². The molecule has 33 heavy (non-hydrogen) atoms. The number of aromatic nitrogens is 3. The molecule has 2 unspecified atom stereocenters. The van der Waals surface area contributed by atoms with E-state index in [2.05, 4.69) is 30.8 Å². The van der Waals surface area contributed by atoms with Crippen molar-refractivity contribution < 1.29 is 9.53 Å². The summed E-state index contributed by atoms with van der Waals surface area (Å²) >= 11 is 6.38. The number of amides is 1. The summed E-state index contributed by atoms with van der Waals surface area (Å²) in [7, 11) is 3.17. The Morgan fingerprint density at radius 1 is 1.36 bits per heavy atom. The fraction of sp³-hybridized carbons (Fsp3) is 0.364. The highest BCUT2D eigenvalue weighted by Gasteiger charge is 2.39. The molecule has 1 aromatic carbocycles. The number of aryl methyl sites for hydroxylation is 1. The standard InChI is InChI=1S/C22H24ClN7O3/c1-24-19(31)11-33-18-6-12-5-13(3-4-17(12)29(2)21(18)32)27-20-16(23)9-26-22(28-20)30-10-14-7-15(30)8-25-14/h3-6,9,14-15,25H,7-8,10-11H2,1-2H3,(H,24,31)(H,26,27,28). The van der Waals surface area contributed by atoms with Crippen LogP contribution in [-0.2, 0) is 11.8 Å². The van der Waals surface area contributed by atoms with Gasteiger partial charge in [-0.05, 0) is 30.7 Å². The predicted octanol–water partition coefficient (Wildman–Crippen LogP) is 1.40. The van der Waals surface area contributed by atoms with Crippen LogP contribution in [0.5, 0.6) is 5.75 Å². The summed E-state index contributed by atoms with van der Waals surface area (Å²) in [5.74, 6) is 0.955. The molecule has 2 bridgehead atoms. The minimum Gasteiger partial charge on any atom is -0.478 e. The molecule has 4 heterocycles. The van der Waals surface area contributed by atoms with E-state index in [0.29, 0.717) is 28.9 Å². The third kappa shape index (κ3) is 4.07. The first kappa shape index (κ1) is 21.5. The van der Waals surface area contributed by atoms with E-state index in [0.717, 1.165) is 36.1 Å². The van der Waals surface area contributed by atoms with Gasteiger partial charge in [-0.1, -0.05) is 11.6 Å². The Bertz CT molecular complexity index is 1290. The van der Waals surface area contributed by atoms with Crippen LogP contribution in [0, 0.1) is 0 Å². The minimum atomic E-state index is -0.316. The van der Waals surface area contributed by atoms with Gasteiger partial charge in [0.15, 0.2) is 18.2 Å². The molecule has 1 amide bonds. The fourth-order valence-corrected chi connectivity index (χ4v) is 4.51. The maximum atomic E-state index is 12.6. The molecule has 2 fully saturated rings. The lowest BCUT2D eigenvalue weighted by Gasteiger charge is -2.27. The summed E-state index contributed by atoms with van der Waals surface area (Å²) in [4.78, 5) is 35.4. The van der Waals surface area contributed by atoms with Crippen molar-refractivity contribution >= 4 is 45.9 Å². The van der Waals surface area contributed by atoms with Gasteiger partial charge in [0.2, 0.25) is 5.95 Å². The fourth-order valence-electron chi connectivity index (χ4n) is 4.38. The number of carbonyl (C=O) groups excluding carboxylic acids is 1. The third-order valence-electron chi connectivity index (χ3n) is 6.14. The number of halogens is 1. The second kappa shape index (κ2) is 8.53. The molecule has 10 nitrogen and oxygen atoms in total. The smallest absolute Gasteiger partial charge is 0.293 e. The van der Waals surface area contributed by atoms with Crippen LogP contribution in [0.15, 0.2) is 35.3 Å². The summed E-state index contributed by atoms with van der Waals surface area (Å²) in [6.45, 7) is 1.59. The van der Waals surface area contributed by atoms with Crippen LogP contribution in [0.1, 0.15) is 6.42 Å². The van der Waals surface area contributed by atoms with E-state index in [4.69, 9.17) is 16.3 Å². The summed E-state index contributed by atoms with van der Waals surface area (Å²) in [5.41, 5.74) is 1.16. The monoisotopic (exact) mass is 469 g/mol. The zero-order chi connectivity index (χ0) is 23.1. The number of piperazine rings is 1. The molecule has 11 heteroatoms. The van der Waals surface area contributed by atoms with Crippen LogP contribution in [0.3, 0.4) is 0 Å². The van der Waals surface area contributed by atoms with Gasteiger partial charge in [0.05, 0.1) is 11.7 Å². The number of pyridine rings is 1. The zero-order valence-electron chi connectivity index (χ0n) is 18.3. The Morgan fingerprint density at radius 2 is 2.21 bits per heavy atom. The number of benzene rings is 1. The van der Waals surface area contributed by atoms with Crippen molar-refractivity contribution in [3.8, 4) is 5.75 Å². The number of anilines is 3. The molecule has 172 valence electrons. The predicted molar refractivity (Wildman–Crippen MR) is 127 cm³/mol. The van der Waals surface area contributed by atoms with Crippen molar-refractivity contribution in [2.75, 3.05) is 37.0 Å². The third-order valence-corrected chi connectivity index (χ3v) is 6.41. The average Bonchev–Trinajstić information content (AvgIpc) is 3.45. The summed E-state index contributed by atoms with van der Waals surface area (Å²) < 4.78 is 6.93. The Labute approximate surface area is 194 Å². The molecular formula is C22H24ClN7O3. The number of ether oxygens (including phenoxy) is 1. The molecule has 0 spiro atoms. The molecule has 3 N–H and O–H groups in total. The summed E-state index contributed by atoms with van der Waals surface area (Å²) in [6.07, 6.45) is 2.71. The molecule has 0 radical (unpaired) electrons. The van der Waals surface area contributed by atoms with Crippen LogP contribution in [0.4, 0.5) is 17.5 Å². The summed E-state index contributed by atoms with van der Waals surface area (Å²) in [5, 5.41) is 10.4. The normalized spacial score (nSPS) is 19.2. The van der Waals surface area contributed by atoms with E-state index < -0.39 is 0 Å². The van der Waals surface area contributed by atoms with Crippen molar-refractivity contribution in [1.29, 1.82) is 0 Å². The maximum absolute atomic E-state index is 12.6. The lowest BCUT2D eigenvalue weighted by molar-refractivity contribution is -0.122. The van der Waals surface area contributed by atoms with Crippen molar-refractivity contribution in [2.45, 2.75) is 18.5 Å². The molecular weight excluding hydrogens is 446 g/mol. The van der Waals surface area contributed by atoms with E-state index in [1.165, 1.54) is 11.6 Å². The quantitative estimate of drug-likeness (QED) is 0.496. The van der Waals surface area contributed by atoms with Gasteiger partial charge in [0.1, 0.15) is 5.02 Å². The van der Waals surface area contributed by atoms with E-state index in [1.54, 1.807) is 19.3 Å². The number of nitrogens with one attached hydrogen (secondary N) is 3. The second-order valence-corrected chi connectivity index (χ2v) is 8.65. The highest BCUT2D eigenvalue weighted by molar-refractivity contribution is 6.32. The average molecular weight is 470 g/mol. The Morgan fingerprint density at radius 3 is 2.94 bits per heavy atom. The van der Waals surface area contributed by atoms with Crippen molar-refractivity contribution in [2.24, 2.45) is 7.05 Å². The van der Waals surface area contributed by atoms with Gasteiger partial charge in [-0.2, -0.15) is 4.98 Å². The number of nitrogens with zero attached hydrogens (tertiary/aromatic N) is 4. The van der Waals surface area contributed by atoms with E-state index >= 15 is 0 Å². The number of likely N-dealkylation sites (N-methyl/N-ethyl adjacent to an activating group) is 1. The number of hydrogen-bond donors (Lipinski definition) is 3. The SMILES string of the molecule is CNC(=O)COc1cc2cc(Nc3nc(N4CC5CC4CN5)ncc3Cl)ccc2n(C)c1=O. The number of rotatable bonds is 6. The Kier molecular flexibility index (Phi) is 5.55.